The third-order valence-electron chi connectivity index (χ3n) is 5.86. The Morgan fingerprint density at radius 3 is 2.59 bits per heavy atom. The number of unbranched alkanes of at least 4 members (excludes halogenated alkanes) is 1. The topological polar surface area (TPSA) is 65.4 Å². The van der Waals surface area contributed by atoms with Crippen molar-refractivity contribution in [2.75, 3.05) is 13.7 Å². The molecule has 0 radical (unpaired) electrons. The van der Waals surface area contributed by atoms with Gasteiger partial charge in [0.2, 0.25) is 0 Å². The fraction of sp³-hybridized carbons (Fsp3) is 0.286. The van der Waals surface area contributed by atoms with E-state index in [1.165, 1.54) is 5.56 Å². The SMILES string of the molecule is COc1ccccc1C(=O)NCc1nc2ccccc2n1CCCCOc1ccc(C)cc1C. The molecule has 176 valence electrons. The Bertz CT molecular complexity index is 1280. The first-order valence-electron chi connectivity index (χ1n) is 11.6. The third-order valence-corrected chi connectivity index (χ3v) is 5.86. The normalized spacial score (nSPS) is 10.9. The van der Waals surface area contributed by atoms with Crippen molar-refractivity contribution < 1.29 is 14.3 Å². The Morgan fingerprint density at radius 1 is 0.971 bits per heavy atom. The van der Waals surface area contributed by atoms with Crippen LogP contribution in [0.4, 0.5) is 0 Å². The van der Waals surface area contributed by atoms with Crippen molar-refractivity contribution in [3.63, 3.8) is 0 Å². The van der Waals surface area contributed by atoms with Gasteiger partial charge in [0.15, 0.2) is 0 Å². The molecule has 0 bridgehead atoms. The van der Waals surface area contributed by atoms with Gasteiger partial charge in [-0.2, -0.15) is 0 Å². The highest BCUT2D eigenvalue weighted by atomic mass is 16.5. The lowest BCUT2D eigenvalue weighted by Gasteiger charge is -2.12. The second kappa shape index (κ2) is 10.9. The van der Waals surface area contributed by atoms with Crippen molar-refractivity contribution in [2.24, 2.45) is 0 Å². The molecule has 1 aromatic heterocycles. The lowest BCUT2D eigenvalue weighted by molar-refractivity contribution is 0.0946. The highest BCUT2D eigenvalue weighted by Crippen LogP contribution is 2.21. The van der Waals surface area contributed by atoms with Crippen LogP contribution in [0.5, 0.6) is 11.5 Å². The van der Waals surface area contributed by atoms with Crippen molar-refractivity contribution in [3.8, 4) is 11.5 Å². The van der Waals surface area contributed by atoms with Crippen molar-refractivity contribution in [1.29, 1.82) is 0 Å². The summed E-state index contributed by atoms with van der Waals surface area (Å²) in [4.78, 5) is 17.5. The van der Waals surface area contributed by atoms with Crippen LogP contribution in [0.2, 0.25) is 0 Å². The van der Waals surface area contributed by atoms with Gasteiger partial charge in [-0.05, 0) is 62.6 Å². The molecule has 0 atom stereocenters. The summed E-state index contributed by atoms with van der Waals surface area (Å²) in [5, 5.41) is 3.00. The van der Waals surface area contributed by atoms with Crippen LogP contribution < -0.4 is 14.8 Å². The van der Waals surface area contributed by atoms with Gasteiger partial charge < -0.3 is 19.4 Å². The van der Waals surface area contributed by atoms with Crippen LogP contribution in [0.25, 0.3) is 11.0 Å². The lowest BCUT2D eigenvalue weighted by Crippen LogP contribution is -2.25. The van der Waals surface area contributed by atoms with Crippen molar-refractivity contribution in [3.05, 3.63) is 89.2 Å². The molecule has 0 fully saturated rings. The monoisotopic (exact) mass is 457 g/mol. The predicted octanol–water partition coefficient (Wildman–Crippen LogP) is 5.45. The van der Waals surface area contributed by atoms with E-state index in [1.54, 1.807) is 19.2 Å². The number of hydrogen-bond donors (Lipinski definition) is 1. The number of carbonyl (C=O) groups is 1. The maximum Gasteiger partial charge on any atom is 0.255 e. The number of imidazole rings is 1. The number of carbonyl (C=O) groups excluding carboxylic acids is 1. The molecule has 6 heteroatoms. The Balaban J connectivity index is 1.39. The van der Waals surface area contributed by atoms with Gasteiger partial charge in [0.25, 0.3) is 5.91 Å². The summed E-state index contributed by atoms with van der Waals surface area (Å²) >= 11 is 0. The number of fused-ring (bicyclic) bond motifs is 1. The van der Waals surface area contributed by atoms with Gasteiger partial charge in [-0.1, -0.05) is 42.0 Å². The summed E-state index contributed by atoms with van der Waals surface area (Å²) in [6.07, 6.45) is 1.87. The minimum Gasteiger partial charge on any atom is -0.496 e. The molecule has 1 heterocycles. The highest BCUT2D eigenvalue weighted by Gasteiger charge is 2.14. The van der Waals surface area contributed by atoms with Gasteiger partial charge in [-0.3, -0.25) is 4.79 Å². The molecule has 0 saturated carbocycles. The first-order valence-corrected chi connectivity index (χ1v) is 11.6. The van der Waals surface area contributed by atoms with Gasteiger partial charge in [0.1, 0.15) is 17.3 Å². The van der Waals surface area contributed by atoms with E-state index in [1.807, 2.05) is 36.4 Å². The van der Waals surface area contributed by atoms with E-state index in [0.717, 1.165) is 47.6 Å². The number of methoxy groups -OCH3 is 1. The van der Waals surface area contributed by atoms with Crippen LogP contribution >= 0.6 is 0 Å². The molecule has 0 saturated heterocycles. The number of amides is 1. The zero-order valence-electron chi connectivity index (χ0n) is 20.0. The molecule has 1 amide bonds. The average molecular weight is 458 g/mol. The van der Waals surface area contributed by atoms with E-state index in [-0.39, 0.29) is 5.91 Å². The van der Waals surface area contributed by atoms with E-state index in [9.17, 15) is 4.79 Å². The number of hydrogen-bond acceptors (Lipinski definition) is 4. The molecule has 0 unspecified atom stereocenters. The fourth-order valence-electron chi connectivity index (χ4n) is 4.11. The number of rotatable bonds is 10. The number of ether oxygens (including phenoxy) is 2. The van der Waals surface area contributed by atoms with Gasteiger partial charge in [0.05, 0.1) is 36.9 Å². The van der Waals surface area contributed by atoms with Crippen LogP contribution in [-0.2, 0) is 13.1 Å². The first kappa shape index (κ1) is 23.4. The summed E-state index contributed by atoms with van der Waals surface area (Å²) in [7, 11) is 1.56. The molecule has 0 spiro atoms. The van der Waals surface area contributed by atoms with Crippen LogP contribution in [0.3, 0.4) is 0 Å². The minimum atomic E-state index is -0.182. The van der Waals surface area contributed by atoms with Gasteiger partial charge in [-0.15, -0.1) is 0 Å². The van der Waals surface area contributed by atoms with E-state index in [4.69, 9.17) is 14.5 Å². The van der Waals surface area contributed by atoms with Crippen molar-refractivity contribution in [1.82, 2.24) is 14.9 Å². The van der Waals surface area contributed by atoms with Gasteiger partial charge in [-0.25, -0.2) is 4.98 Å². The standard InChI is InChI=1S/C28H31N3O3/c1-20-14-15-25(21(2)18-20)34-17-9-8-16-31-24-12-6-5-11-23(24)30-27(31)19-29-28(32)22-10-4-7-13-26(22)33-3/h4-7,10-15,18H,8-9,16-17,19H2,1-3H3,(H,29,32). The number of para-hydroxylation sites is 3. The minimum absolute atomic E-state index is 0.182. The molecule has 1 N–H and O–H groups in total. The van der Waals surface area contributed by atoms with Crippen LogP contribution in [0.15, 0.2) is 66.7 Å². The van der Waals surface area contributed by atoms with E-state index in [2.05, 4.69) is 41.9 Å². The molecular formula is C28H31N3O3. The Hall–Kier alpha value is -3.80. The number of nitrogens with zero attached hydrogens (tertiary/aromatic N) is 2. The number of benzene rings is 3. The van der Waals surface area contributed by atoms with Gasteiger partial charge >= 0.3 is 0 Å². The largest absolute Gasteiger partial charge is 0.496 e. The lowest BCUT2D eigenvalue weighted by atomic mass is 10.1. The quantitative estimate of drug-likeness (QED) is 0.322. The fourth-order valence-corrected chi connectivity index (χ4v) is 4.11. The molecule has 3 aromatic carbocycles. The summed E-state index contributed by atoms with van der Waals surface area (Å²) in [6, 6.07) is 21.5. The Labute approximate surface area is 200 Å². The average Bonchev–Trinajstić information content (AvgIpc) is 3.21. The zero-order chi connectivity index (χ0) is 23.9. The Morgan fingerprint density at radius 2 is 1.76 bits per heavy atom. The summed E-state index contributed by atoms with van der Waals surface area (Å²) in [5.41, 5.74) is 4.90. The number of aromatic nitrogens is 2. The van der Waals surface area contributed by atoms with Gasteiger partial charge in [0, 0.05) is 6.54 Å². The highest BCUT2D eigenvalue weighted by molar-refractivity contribution is 5.96. The van der Waals surface area contributed by atoms with Crippen LogP contribution in [0.1, 0.15) is 40.2 Å². The van der Waals surface area contributed by atoms with Crippen LogP contribution in [-0.4, -0.2) is 29.2 Å². The Kier molecular flexibility index (Phi) is 7.48. The molecular weight excluding hydrogens is 426 g/mol. The molecule has 0 aliphatic rings. The summed E-state index contributed by atoms with van der Waals surface area (Å²) in [6.45, 7) is 5.96. The summed E-state index contributed by atoms with van der Waals surface area (Å²) < 4.78 is 13.5. The molecule has 0 aliphatic carbocycles. The maximum atomic E-state index is 12.8. The maximum absolute atomic E-state index is 12.8. The molecule has 4 rings (SSSR count). The smallest absolute Gasteiger partial charge is 0.255 e. The van der Waals surface area contributed by atoms with Crippen molar-refractivity contribution in [2.45, 2.75) is 39.8 Å². The molecule has 6 nitrogen and oxygen atoms in total. The van der Waals surface area contributed by atoms with E-state index in [0.29, 0.717) is 24.5 Å². The second-order valence-corrected chi connectivity index (χ2v) is 8.38. The number of aryl methyl sites for hydroxylation is 3. The molecule has 0 aliphatic heterocycles. The second-order valence-electron chi connectivity index (χ2n) is 8.38. The molecule has 4 aromatic rings. The summed E-state index contributed by atoms with van der Waals surface area (Å²) in [5.74, 6) is 2.15. The van der Waals surface area contributed by atoms with Crippen LogP contribution in [0, 0.1) is 13.8 Å². The third kappa shape index (κ3) is 5.39. The predicted molar refractivity (Wildman–Crippen MR) is 135 cm³/mol. The zero-order valence-corrected chi connectivity index (χ0v) is 20.0. The van der Waals surface area contributed by atoms with E-state index >= 15 is 0 Å². The molecule has 34 heavy (non-hydrogen) atoms. The number of nitrogens with one attached hydrogen (secondary N) is 1. The van der Waals surface area contributed by atoms with E-state index < -0.39 is 0 Å². The van der Waals surface area contributed by atoms with Crippen molar-refractivity contribution >= 4 is 16.9 Å². The first-order chi connectivity index (χ1) is 16.6.